The van der Waals surface area contributed by atoms with Crippen LogP contribution < -0.4 is 0 Å². The van der Waals surface area contributed by atoms with Gasteiger partial charge in [-0.25, -0.2) is 17.2 Å². The Morgan fingerprint density at radius 1 is 1.09 bits per heavy atom. The molecule has 1 aromatic rings. The molecule has 23 heavy (non-hydrogen) atoms. The van der Waals surface area contributed by atoms with Crippen LogP contribution in [0.15, 0.2) is 24.3 Å². The number of sulfone groups is 1. The molecule has 0 spiro atoms. The molecule has 132 valence electrons. The molecule has 0 unspecified atom stereocenters. The lowest BCUT2D eigenvalue weighted by atomic mass is 9.83. The molecule has 1 aromatic carbocycles. The summed E-state index contributed by atoms with van der Waals surface area (Å²) in [6.07, 6.45) is 1.51. The molecule has 0 N–H and O–H groups in total. The molecule has 0 aliphatic rings. The Bertz CT molecular complexity index is 574. The van der Waals surface area contributed by atoms with Gasteiger partial charge in [0.1, 0.15) is 0 Å². The zero-order valence-electron chi connectivity index (χ0n) is 14.5. The largest absolute Gasteiger partial charge is 0.246 e. The first-order chi connectivity index (χ1) is 10.6. The minimum atomic E-state index is -3.51. The maximum Gasteiger partial charge on any atom is 0.246 e. The van der Waals surface area contributed by atoms with Crippen LogP contribution in [0.2, 0.25) is 0 Å². The number of hydrogen-bond donors (Lipinski definition) is 0. The van der Waals surface area contributed by atoms with Gasteiger partial charge < -0.3 is 0 Å². The Labute approximate surface area is 139 Å². The van der Waals surface area contributed by atoms with Gasteiger partial charge in [0, 0.05) is 6.42 Å². The van der Waals surface area contributed by atoms with E-state index < -0.39 is 27.9 Å². The van der Waals surface area contributed by atoms with E-state index in [4.69, 9.17) is 0 Å². The van der Waals surface area contributed by atoms with Crippen molar-refractivity contribution in [2.24, 2.45) is 5.92 Å². The first-order valence-electron chi connectivity index (χ1n) is 8.25. The molecule has 0 fully saturated rings. The van der Waals surface area contributed by atoms with Gasteiger partial charge in [-0.15, -0.1) is 0 Å². The predicted molar refractivity (Wildman–Crippen MR) is 91.7 cm³/mol. The average Bonchev–Trinajstić information content (AvgIpc) is 2.46. The molecule has 0 aliphatic carbocycles. The van der Waals surface area contributed by atoms with Crippen LogP contribution in [0.3, 0.4) is 0 Å². The Morgan fingerprint density at radius 3 is 2.09 bits per heavy atom. The van der Waals surface area contributed by atoms with Gasteiger partial charge in [0.25, 0.3) is 0 Å². The smallest absolute Gasteiger partial charge is 0.228 e. The van der Waals surface area contributed by atoms with Gasteiger partial charge in [-0.1, -0.05) is 51.5 Å². The van der Waals surface area contributed by atoms with E-state index in [1.807, 2.05) is 24.3 Å². The topological polar surface area (TPSA) is 34.1 Å². The number of alkyl halides is 2. The fourth-order valence-electron chi connectivity index (χ4n) is 2.77. The zero-order chi connectivity index (χ0) is 17.7. The summed E-state index contributed by atoms with van der Waals surface area (Å²) in [6, 6.07) is 7.56. The molecular formula is C18H28F2O2S. The highest BCUT2D eigenvalue weighted by Crippen LogP contribution is 2.30. The maximum absolute atomic E-state index is 12.8. The summed E-state index contributed by atoms with van der Waals surface area (Å²) in [5.74, 6) is -2.57. The van der Waals surface area contributed by atoms with Crippen LogP contribution in [-0.4, -0.2) is 20.1 Å². The van der Waals surface area contributed by atoms with Gasteiger partial charge >= 0.3 is 0 Å². The van der Waals surface area contributed by atoms with E-state index in [9.17, 15) is 17.2 Å². The third-order valence-electron chi connectivity index (χ3n) is 4.42. The van der Waals surface area contributed by atoms with E-state index in [2.05, 4.69) is 20.8 Å². The average molecular weight is 346 g/mol. The molecule has 0 aliphatic heterocycles. The predicted octanol–water partition coefficient (Wildman–Crippen LogP) is 5.19. The van der Waals surface area contributed by atoms with E-state index in [0.29, 0.717) is 17.4 Å². The number of halogens is 2. The maximum atomic E-state index is 12.8. The van der Waals surface area contributed by atoms with Gasteiger partial charge in [-0.3, -0.25) is 0 Å². The molecule has 0 amide bonds. The second-order valence-corrected chi connectivity index (χ2v) is 8.74. The molecule has 2 nitrogen and oxygen atoms in total. The molecule has 0 bridgehead atoms. The minimum Gasteiger partial charge on any atom is -0.228 e. The van der Waals surface area contributed by atoms with Crippen molar-refractivity contribution in [1.29, 1.82) is 0 Å². The Hall–Kier alpha value is -0.970. The molecular weight excluding hydrogens is 318 g/mol. The van der Waals surface area contributed by atoms with Gasteiger partial charge in [0.2, 0.25) is 5.92 Å². The number of rotatable bonds is 9. The van der Waals surface area contributed by atoms with E-state index in [1.54, 1.807) is 0 Å². The first kappa shape index (κ1) is 20.1. The van der Waals surface area contributed by atoms with Crippen LogP contribution in [0.5, 0.6) is 0 Å². The summed E-state index contributed by atoms with van der Waals surface area (Å²) in [4.78, 5) is 0. The van der Waals surface area contributed by atoms with Crippen LogP contribution in [0, 0.1) is 5.92 Å². The van der Waals surface area contributed by atoms with Crippen LogP contribution in [0.4, 0.5) is 8.78 Å². The van der Waals surface area contributed by atoms with Crippen LogP contribution in [-0.2, 0) is 15.6 Å². The number of hydrogen-bond acceptors (Lipinski definition) is 2. The molecule has 0 aromatic heterocycles. The molecule has 0 heterocycles. The Balaban J connectivity index is 2.77. The normalized spacial score (nSPS) is 15.4. The lowest BCUT2D eigenvalue weighted by molar-refractivity contribution is 0.0189. The Morgan fingerprint density at radius 2 is 1.65 bits per heavy atom. The molecule has 0 saturated heterocycles. The van der Waals surface area contributed by atoms with E-state index in [1.165, 1.54) is 5.56 Å². The quantitative estimate of drug-likeness (QED) is 0.617. The fourth-order valence-corrected chi connectivity index (χ4v) is 4.29. The van der Waals surface area contributed by atoms with Crippen LogP contribution in [0.1, 0.15) is 64.0 Å². The summed E-state index contributed by atoms with van der Waals surface area (Å²) in [7, 11) is -3.51. The summed E-state index contributed by atoms with van der Waals surface area (Å²) in [5, 5.41) is 0. The molecule has 5 heteroatoms. The lowest BCUT2D eigenvalue weighted by Gasteiger charge is -2.22. The molecule has 0 saturated carbocycles. The minimum absolute atomic E-state index is 0.177. The van der Waals surface area contributed by atoms with Crippen LogP contribution >= 0.6 is 0 Å². The first-order valence-corrected chi connectivity index (χ1v) is 10.1. The molecule has 0 radical (unpaired) electrons. The fraction of sp³-hybridized carbons (Fsp3) is 0.667. The van der Waals surface area contributed by atoms with Crippen molar-refractivity contribution in [1.82, 2.24) is 0 Å². The van der Waals surface area contributed by atoms with Crippen molar-refractivity contribution in [2.75, 3.05) is 5.75 Å². The van der Waals surface area contributed by atoms with Gasteiger partial charge in [0.05, 0.1) is 11.5 Å². The van der Waals surface area contributed by atoms with Crippen molar-refractivity contribution < 1.29 is 17.2 Å². The summed E-state index contributed by atoms with van der Waals surface area (Å²) >= 11 is 0. The van der Waals surface area contributed by atoms with Crippen LogP contribution in [0.25, 0.3) is 0 Å². The number of benzene rings is 1. The van der Waals surface area contributed by atoms with Gasteiger partial charge in [0.15, 0.2) is 9.84 Å². The van der Waals surface area contributed by atoms with Crippen molar-refractivity contribution in [2.45, 2.75) is 64.6 Å². The highest BCUT2D eigenvalue weighted by Gasteiger charge is 2.25. The SMILES string of the molecule is CC[C@@H](C)[C@@H](CC)c1ccc(CS(=O)(=O)CCC(C)(F)F)cc1. The van der Waals surface area contributed by atoms with E-state index >= 15 is 0 Å². The summed E-state index contributed by atoms with van der Waals surface area (Å²) < 4.78 is 49.5. The molecule has 1 rings (SSSR count). The second-order valence-electron chi connectivity index (χ2n) is 6.55. The monoisotopic (exact) mass is 346 g/mol. The van der Waals surface area contributed by atoms with Crippen molar-refractivity contribution in [3.63, 3.8) is 0 Å². The van der Waals surface area contributed by atoms with E-state index in [-0.39, 0.29) is 5.75 Å². The van der Waals surface area contributed by atoms with Crippen molar-refractivity contribution in [3.05, 3.63) is 35.4 Å². The summed E-state index contributed by atoms with van der Waals surface area (Å²) in [5.41, 5.74) is 1.87. The third kappa shape index (κ3) is 6.98. The van der Waals surface area contributed by atoms with E-state index in [0.717, 1.165) is 19.8 Å². The highest BCUT2D eigenvalue weighted by atomic mass is 32.2. The zero-order valence-corrected chi connectivity index (χ0v) is 15.3. The molecule has 2 atom stereocenters. The standard InChI is InChI=1S/C18H28F2O2S/c1-5-14(3)17(6-2)16-9-7-15(8-10-16)13-23(21,22)12-11-18(4,19)20/h7-10,14,17H,5-6,11-13H2,1-4H3/t14-,17-/m1/s1. The third-order valence-corrected chi connectivity index (χ3v) is 6.02. The van der Waals surface area contributed by atoms with Crippen molar-refractivity contribution in [3.8, 4) is 0 Å². The van der Waals surface area contributed by atoms with Gasteiger partial charge in [-0.05, 0) is 36.3 Å². The highest BCUT2D eigenvalue weighted by molar-refractivity contribution is 7.90. The van der Waals surface area contributed by atoms with Gasteiger partial charge in [-0.2, -0.15) is 0 Å². The Kier molecular flexibility index (Phi) is 7.18. The second kappa shape index (κ2) is 8.22. The summed E-state index contributed by atoms with van der Waals surface area (Å²) in [6.45, 7) is 7.28. The lowest BCUT2D eigenvalue weighted by Crippen LogP contribution is -2.18. The van der Waals surface area contributed by atoms with Crippen molar-refractivity contribution >= 4 is 9.84 Å².